The van der Waals surface area contributed by atoms with E-state index < -0.39 is 74.3 Å². The molecule has 1 aromatic carbocycles. The summed E-state index contributed by atoms with van der Waals surface area (Å²) < 4.78 is 121. The molecule has 5 aliphatic heterocycles. The Morgan fingerprint density at radius 1 is 1.15 bits per heavy atom. The number of nitrogens with two attached hydrogens (primary N) is 1. The van der Waals surface area contributed by atoms with Gasteiger partial charge in [0.1, 0.15) is 41.3 Å². The van der Waals surface area contributed by atoms with E-state index in [1.54, 1.807) is 4.90 Å². The molecule has 0 saturated carbocycles. The predicted molar refractivity (Wildman–Crippen MR) is 162 cm³/mol. The molecule has 2 bridgehead atoms. The molecule has 17 heteroatoms. The van der Waals surface area contributed by atoms with E-state index >= 15 is 4.39 Å². The molecule has 8 rings (SSSR count). The van der Waals surface area contributed by atoms with Crippen LogP contribution < -0.4 is 20.7 Å². The lowest BCUT2D eigenvalue weighted by atomic mass is 9.86. The van der Waals surface area contributed by atoms with Gasteiger partial charge in [-0.05, 0) is 44.2 Å². The van der Waals surface area contributed by atoms with E-state index in [9.17, 15) is 30.7 Å². The third kappa shape index (κ3) is 5.78. The quantitative estimate of drug-likeness (QED) is 0.281. The molecule has 5 saturated heterocycles. The van der Waals surface area contributed by atoms with Crippen molar-refractivity contribution in [2.75, 3.05) is 50.0 Å². The molecule has 5 aliphatic rings. The zero-order valence-corrected chi connectivity index (χ0v) is 26.0. The number of halogens is 9. The molecule has 48 heavy (non-hydrogen) atoms. The number of nitrogens with zero attached hydrogens (tertiary/aromatic N) is 5. The van der Waals surface area contributed by atoms with Crippen LogP contribution in [0.2, 0.25) is 5.02 Å². The van der Waals surface area contributed by atoms with E-state index in [-0.39, 0.29) is 49.2 Å². The molecule has 3 N–H and O–H groups in total. The van der Waals surface area contributed by atoms with Gasteiger partial charge in [-0.2, -0.15) is 31.9 Å². The maximum atomic E-state index is 16.7. The Morgan fingerprint density at radius 2 is 1.94 bits per heavy atom. The van der Waals surface area contributed by atoms with Crippen molar-refractivity contribution >= 4 is 34.1 Å². The highest BCUT2D eigenvalue weighted by molar-refractivity contribution is 6.34. The van der Waals surface area contributed by atoms with Crippen LogP contribution in [0, 0.1) is 17.6 Å². The van der Waals surface area contributed by atoms with E-state index in [0.717, 1.165) is 18.6 Å². The summed E-state index contributed by atoms with van der Waals surface area (Å²) in [6.45, 7) is 1.56. The first-order chi connectivity index (χ1) is 22.7. The Morgan fingerprint density at radius 3 is 2.65 bits per heavy atom. The third-order valence-corrected chi connectivity index (χ3v) is 10.3. The summed E-state index contributed by atoms with van der Waals surface area (Å²) in [6.07, 6.45) is -4.78. The van der Waals surface area contributed by atoms with Gasteiger partial charge in [0.2, 0.25) is 0 Å². The van der Waals surface area contributed by atoms with Gasteiger partial charge in [-0.1, -0.05) is 11.6 Å². The van der Waals surface area contributed by atoms with Crippen molar-refractivity contribution in [2.24, 2.45) is 5.92 Å². The molecule has 8 nitrogen and oxygen atoms in total. The molecule has 0 aliphatic carbocycles. The van der Waals surface area contributed by atoms with E-state index in [1.165, 1.54) is 0 Å². The number of nitrogens with one attached hydrogen (secondary N) is 1. The number of rotatable bonds is 6. The van der Waals surface area contributed by atoms with E-state index in [1.807, 2.05) is 4.90 Å². The molecule has 0 radical (unpaired) electrons. The molecule has 3 aromatic rings. The Balaban J connectivity index is 1.40. The van der Waals surface area contributed by atoms with Crippen LogP contribution in [0.5, 0.6) is 6.01 Å². The molecule has 7 heterocycles. The number of fused-ring (bicyclic) bond motifs is 6. The van der Waals surface area contributed by atoms with Crippen LogP contribution in [0.25, 0.3) is 22.2 Å². The topological polar surface area (TPSA) is 92.4 Å². The number of piperidine rings is 1. The monoisotopic (exact) mass is 703 g/mol. The predicted octanol–water partition coefficient (Wildman–Crippen LogP) is 6.52. The normalized spacial score (nSPS) is 27.4. The van der Waals surface area contributed by atoms with Crippen LogP contribution in [0.4, 0.5) is 46.8 Å². The standard InChI is InChI=1S/C31H30ClF8N7O/c32-18-6-17-25(24(37)22(18)26-23(31(38,39)40)19(34)7-21(41)43-26)44-28(48-14-30-3-1-5-47(30)12-16(33)8-30)45-27(17)46-11-15-2-4-29(13-46,42-10-15)9-20(35)36/h6-7,9,15-16,42H,1-5,8,10-14H2,(H2,41,43)/t15-,16+,29-,30-/m0/s1. The Kier molecular flexibility index (Phi) is 8.14. The third-order valence-electron chi connectivity index (χ3n) is 9.96. The summed E-state index contributed by atoms with van der Waals surface area (Å²) in [5.74, 6) is -3.76. The minimum Gasteiger partial charge on any atom is -0.461 e. The van der Waals surface area contributed by atoms with E-state index in [4.69, 9.17) is 22.1 Å². The molecular weight excluding hydrogens is 674 g/mol. The van der Waals surface area contributed by atoms with Gasteiger partial charge in [0.05, 0.1) is 27.4 Å². The van der Waals surface area contributed by atoms with Crippen molar-refractivity contribution in [3.05, 3.63) is 46.5 Å². The van der Waals surface area contributed by atoms with Crippen molar-refractivity contribution in [1.82, 2.24) is 25.2 Å². The molecule has 2 aromatic heterocycles. The fourth-order valence-electron chi connectivity index (χ4n) is 7.86. The van der Waals surface area contributed by atoms with Crippen LogP contribution in [0.3, 0.4) is 0 Å². The summed E-state index contributed by atoms with van der Waals surface area (Å²) >= 11 is 6.46. The lowest BCUT2D eigenvalue weighted by molar-refractivity contribution is -0.139. The highest BCUT2D eigenvalue weighted by atomic mass is 35.5. The molecule has 5 fully saturated rings. The van der Waals surface area contributed by atoms with Gasteiger partial charge in [0.15, 0.2) is 5.82 Å². The smallest absolute Gasteiger partial charge is 0.421 e. The minimum atomic E-state index is -5.30. The van der Waals surface area contributed by atoms with Gasteiger partial charge in [-0.25, -0.2) is 18.2 Å². The van der Waals surface area contributed by atoms with Gasteiger partial charge >= 0.3 is 12.2 Å². The summed E-state index contributed by atoms with van der Waals surface area (Å²) in [5.41, 5.74) is -0.683. The second kappa shape index (κ2) is 11.8. The summed E-state index contributed by atoms with van der Waals surface area (Å²) in [5, 5.41) is 2.58. The van der Waals surface area contributed by atoms with Crippen molar-refractivity contribution < 1.29 is 39.9 Å². The molecule has 0 spiro atoms. The maximum absolute atomic E-state index is 16.7. The lowest BCUT2D eigenvalue weighted by Crippen LogP contribution is -2.52. The minimum absolute atomic E-state index is 0.00889. The van der Waals surface area contributed by atoms with Crippen molar-refractivity contribution in [3.8, 4) is 17.3 Å². The van der Waals surface area contributed by atoms with Crippen LogP contribution in [0.15, 0.2) is 24.3 Å². The van der Waals surface area contributed by atoms with Crippen LogP contribution >= 0.6 is 11.6 Å². The Labute approximate surface area is 274 Å². The Hall–Kier alpha value is -3.50. The molecule has 0 amide bonds. The number of alkyl halides is 4. The number of anilines is 2. The first-order valence-electron chi connectivity index (χ1n) is 15.5. The second-order valence-electron chi connectivity index (χ2n) is 13.1. The SMILES string of the molecule is Nc1cc(F)c(C(F)(F)F)c(-c2c(Cl)cc3c(N4C[C@H]5CC[C@](C=C(F)F)(C4)NC5)nc(OC[C@@]45CCCN4C[C@H](F)C5)nc3c2F)n1. The number of ether oxygens (including phenoxy) is 1. The second-order valence-corrected chi connectivity index (χ2v) is 13.6. The summed E-state index contributed by atoms with van der Waals surface area (Å²) in [6, 6.07) is 1.15. The zero-order chi connectivity index (χ0) is 34.2. The number of aromatic nitrogens is 3. The van der Waals surface area contributed by atoms with Gasteiger partial charge in [-0.15, -0.1) is 0 Å². The van der Waals surface area contributed by atoms with Crippen molar-refractivity contribution in [2.45, 2.75) is 55.5 Å². The zero-order valence-electron chi connectivity index (χ0n) is 25.3. The molecular formula is C31H30ClF8N7O. The maximum Gasteiger partial charge on any atom is 0.421 e. The molecule has 0 unspecified atom stereocenters. The number of nitrogen functional groups attached to an aromatic ring is 1. The van der Waals surface area contributed by atoms with Gasteiger partial charge in [-0.3, -0.25) is 4.90 Å². The highest BCUT2D eigenvalue weighted by Crippen LogP contribution is 2.46. The van der Waals surface area contributed by atoms with Gasteiger partial charge < -0.3 is 20.7 Å². The average molecular weight is 704 g/mol. The summed E-state index contributed by atoms with van der Waals surface area (Å²) in [4.78, 5) is 16.1. The first-order valence-corrected chi connectivity index (χ1v) is 15.8. The largest absolute Gasteiger partial charge is 0.461 e. The number of benzene rings is 1. The van der Waals surface area contributed by atoms with Crippen molar-refractivity contribution in [1.29, 1.82) is 0 Å². The van der Waals surface area contributed by atoms with Gasteiger partial charge in [0.25, 0.3) is 6.08 Å². The van der Waals surface area contributed by atoms with E-state index in [0.29, 0.717) is 45.0 Å². The first kappa shape index (κ1) is 33.0. The van der Waals surface area contributed by atoms with Gasteiger partial charge in [0, 0.05) is 50.1 Å². The summed E-state index contributed by atoms with van der Waals surface area (Å²) in [7, 11) is 0. The molecule has 4 atom stereocenters. The fraction of sp³-hybridized carbons (Fsp3) is 0.516. The van der Waals surface area contributed by atoms with Crippen LogP contribution in [-0.2, 0) is 6.18 Å². The number of hydrogen-bond donors (Lipinski definition) is 2. The van der Waals surface area contributed by atoms with Crippen LogP contribution in [0.1, 0.15) is 37.7 Å². The fourth-order valence-corrected chi connectivity index (χ4v) is 8.14. The number of pyridine rings is 1. The lowest BCUT2D eigenvalue weighted by Gasteiger charge is -2.35. The van der Waals surface area contributed by atoms with E-state index in [2.05, 4.69) is 20.3 Å². The average Bonchev–Trinajstić information content (AvgIpc) is 3.37. The molecule has 258 valence electrons. The van der Waals surface area contributed by atoms with Crippen molar-refractivity contribution in [3.63, 3.8) is 0 Å². The Bertz CT molecular complexity index is 1800. The highest BCUT2D eigenvalue weighted by Gasteiger charge is 2.50. The van der Waals surface area contributed by atoms with Crippen LogP contribution in [-0.4, -0.2) is 76.4 Å². The number of hydrogen-bond acceptors (Lipinski definition) is 8.